The van der Waals surface area contributed by atoms with E-state index in [0.717, 1.165) is 38.8 Å². The third-order valence-electron chi connectivity index (χ3n) is 5.77. The lowest BCUT2D eigenvalue weighted by molar-refractivity contribution is 0.670. The highest BCUT2D eigenvalue weighted by molar-refractivity contribution is 6.10. The molecular weight excluding hydrogens is 378 g/mol. The van der Waals surface area contributed by atoms with Crippen molar-refractivity contribution in [2.75, 3.05) is 0 Å². The molecule has 0 fully saturated rings. The summed E-state index contributed by atoms with van der Waals surface area (Å²) in [5.41, 5.74) is 8.47. The summed E-state index contributed by atoms with van der Waals surface area (Å²) in [6.45, 7) is 0. The molecule has 4 aromatic carbocycles. The van der Waals surface area contributed by atoms with E-state index in [4.69, 9.17) is 4.42 Å². The van der Waals surface area contributed by atoms with E-state index in [1.54, 1.807) is 0 Å². The van der Waals surface area contributed by atoms with Crippen molar-refractivity contribution in [2.24, 2.45) is 0 Å². The number of fused-ring (bicyclic) bond motifs is 3. The van der Waals surface area contributed by atoms with E-state index in [1.165, 1.54) is 16.7 Å². The molecule has 0 aliphatic carbocycles. The summed E-state index contributed by atoms with van der Waals surface area (Å²) in [5.74, 6) is 0. The van der Waals surface area contributed by atoms with E-state index in [0.29, 0.717) is 0 Å². The fourth-order valence-electron chi connectivity index (χ4n) is 4.19. The van der Waals surface area contributed by atoms with E-state index in [9.17, 15) is 0 Å². The van der Waals surface area contributed by atoms with Gasteiger partial charge in [0.1, 0.15) is 11.2 Å². The van der Waals surface area contributed by atoms with Gasteiger partial charge in [-0.1, -0.05) is 78.9 Å². The molecule has 0 aliphatic heterocycles. The Labute approximate surface area is 180 Å². The summed E-state index contributed by atoms with van der Waals surface area (Å²) >= 11 is 0. The van der Waals surface area contributed by atoms with Crippen LogP contribution in [0.2, 0.25) is 0 Å². The average molecular weight is 397 g/mol. The zero-order chi connectivity index (χ0) is 20.6. The zero-order valence-corrected chi connectivity index (χ0v) is 16.8. The van der Waals surface area contributed by atoms with E-state index < -0.39 is 0 Å². The number of para-hydroxylation sites is 1. The van der Waals surface area contributed by atoms with Gasteiger partial charge in [-0.3, -0.25) is 4.98 Å². The first kappa shape index (κ1) is 17.7. The molecule has 0 N–H and O–H groups in total. The molecule has 0 bridgehead atoms. The summed E-state index contributed by atoms with van der Waals surface area (Å²) in [6.07, 6.45) is 1.81. The predicted molar refractivity (Wildman–Crippen MR) is 128 cm³/mol. The monoisotopic (exact) mass is 397 g/mol. The van der Waals surface area contributed by atoms with Crippen LogP contribution < -0.4 is 0 Å². The molecule has 2 heterocycles. The zero-order valence-electron chi connectivity index (χ0n) is 16.8. The number of pyridine rings is 1. The Morgan fingerprint density at radius 3 is 2.00 bits per heavy atom. The lowest BCUT2D eigenvalue weighted by Crippen LogP contribution is -1.81. The average Bonchev–Trinajstić information content (AvgIpc) is 3.23. The minimum Gasteiger partial charge on any atom is -0.455 e. The van der Waals surface area contributed by atoms with E-state index in [1.807, 2.05) is 30.5 Å². The van der Waals surface area contributed by atoms with Crippen LogP contribution in [0.25, 0.3) is 55.4 Å². The molecule has 0 radical (unpaired) electrons. The Balaban J connectivity index is 1.44. The number of hydrogen-bond donors (Lipinski definition) is 0. The Morgan fingerprint density at radius 2 is 1.23 bits per heavy atom. The first-order valence-electron chi connectivity index (χ1n) is 10.4. The predicted octanol–water partition coefficient (Wildman–Crippen LogP) is 7.98. The van der Waals surface area contributed by atoms with Gasteiger partial charge < -0.3 is 4.42 Å². The first-order valence-corrected chi connectivity index (χ1v) is 10.4. The molecule has 2 aromatic heterocycles. The third kappa shape index (κ3) is 3.10. The Kier molecular flexibility index (Phi) is 4.14. The highest BCUT2D eigenvalue weighted by Gasteiger charge is 2.13. The van der Waals surface area contributed by atoms with Crippen LogP contribution in [0.1, 0.15) is 0 Å². The summed E-state index contributed by atoms with van der Waals surface area (Å²) < 4.78 is 6.35. The summed E-state index contributed by atoms with van der Waals surface area (Å²) in [6, 6.07) is 37.8. The van der Waals surface area contributed by atoms with Crippen molar-refractivity contribution in [1.82, 2.24) is 4.98 Å². The molecule has 0 aliphatic rings. The van der Waals surface area contributed by atoms with Gasteiger partial charge in [0.25, 0.3) is 0 Å². The normalized spacial score (nSPS) is 11.2. The lowest BCUT2D eigenvalue weighted by Gasteiger charge is -2.05. The molecule has 146 valence electrons. The van der Waals surface area contributed by atoms with Crippen molar-refractivity contribution in [1.29, 1.82) is 0 Å². The van der Waals surface area contributed by atoms with Crippen molar-refractivity contribution >= 4 is 21.9 Å². The minimum atomic E-state index is 0.882. The van der Waals surface area contributed by atoms with Gasteiger partial charge in [-0.2, -0.15) is 0 Å². The van der Waals surface area contributed by atoms with Gasteiger partial charge in [0, 0.05) is 22.5 Å². The lowest BCUT2D eigenvalue weighted by atomic mass is 9.99. The fourth-order valence-corrected chi connectivity index (χ4v) is 4.19. The Morgan fingerprint density at radius 1 is 0.516 bits per heavy atom. The van der Waals surface area contributed by atoms with Gasteiger partial charge in [-0.25, -0.2) is 0 Å². The first-order chi connectivity index (χ1) is 15.4. The van der Waals surface area contributed by atoms with Crippen molar-refractivity contribution < 1.29 is 4.42 Å². The molecule has 31 heavy (non-hydrogen) atoms. The van der Waals surface area contributed by atoms with Gasteiger partial charge in [0.2, 0.25) is 0 Å². The van der Waals surface area contributed by atoms with Crippen LogP contribution in [0.3, 0.4) is 0 Å². The SMILES string of the molecule is c1ccc(-c2ccc(-c3ccc4c(c3)oc3c(-c5ccccn5)cccc34)cc2)cc1. The number of rotatable bonds is 3. The fraction of sp³-hybridized carbons (Fsp3) is 0. The van der Waals surface area contributed by atoms with Gasteiger partial charge in [-0.05, 0) is 52.6 Å². The minimum absolute atomic E-state index is 0.882. The van der Waals surface area contributed by atoms with Crippen molar-refractivity contribution in [2.45, 2.75) is 0 Å². The topological polar surface area (TPSA) is 26.0 Å². The Bertz CT molecular complexity index is 1500. The van der Waals surface area contributed by atoms with Crippen LogP contribution >= 0.6 is 0 Å². The maximum absolute atomic E-state index is 6.35. The third-order valence-corrected chi connectivity index (χ3v) is 5.77. The largest absolute Gasteiger partial charge is 0.455 e. The number of aromatic nitrogens is 1. The summed E-state index contributed by atoms with van der Waals surface area (Å²) in [7, 11) is 0. The summed E-state index contributed by atoms with van der Waals surface area (Å²) in [4.78, 5) is 4.51. The Hall–Kier alpha value is -4.17. The van der Waals surface area contributed by atoms with Crippen LogP contribution in [-0.2, 0) is 0 Å². The highest BCUT2D eigenvalue weighted by Crippen LogP contribution is 2.37. The van der Waals surface area contributed by atoms with Crippen LogP contribution in [0, 0.1) is 0 Å². The molecule has 0 unspecified atom stereocenters. The van der Waals surface area contributed by atoms with E-state index >= 15 is 0 Å². The maximum Gasteiger partial charge on any atom is 0.144 e. The molecule has 0 atom stereocenters. The molecular formula is C29H19NO. The number of hydrogen-bond acceptors (Lipinski definition) is 2. The molecule has 6 rings (SSSR count). The van der Waals surface area contributed by atoms with Gasteiger partial charge in [0.15, 0.2) is 0 Å². The van der Waals surface area contributed by atoms with Crippen molar-refractivity contribution in [3.05, 3.63) is 115 Å². The number of furan rings is 1. The molecule has 0 amide bonds. The smallest absolute Gasteiger partial charge is 0.144 e. The molecule has 0 saturated carbocycles. The second kappa shape index (κ2) is 7.26. The van der Waals surface area contributed by atoms with E-state index in [2.05, 4.69) is 89.9 Å². The maximum atomic E-state index is 6.35. The van der Waals surface area contributed by atoms with E-state index in [-0.39, 0.29) is 0 Å². The molecule has 6 aromatic rings. The van der Waals surface area contributed by atoms with Crippen LogP contribution in [0.5, 0.6) is 0 Å². The van der Waals surface area contributed by atoms with Gasteiger partial charge in [-0.15, -0.1) is 0 Å². The van der Waals surface area contributed by atoms with Crippen molar-refractivity contribution in [3.8, 4) is 33.5 Å². The van der Waals surface area contributed by atoms with Crippen LogP contribution in [0.15, 0.2) is 120 Å². The van der Waals surface area contributed by atoms with Crippen LogP contribution in [0.4, 0.5) is 0 Å². The van der Waals surface area contributed by atoms with Crippen LogP contribution in [-0.4, -0.2) is 4.98 Å². The molecule has 0 spiro atoms. The standard InChI is InChI=1S/C29H19NO/c1-2-7-20(8-3-1)21-12-14-22(15-13-21)23-16-17-24-25-9-6-10-26(27-11-4-5-18-30-27)29(25)31-28(24)19-23/h1-19H. The summed E-state index contributed by atoms with van der Waals surface area (Å²) in [5, 5.41) is 2.24. The molecule has 2 nitrogen and oxygen atoms in total. The van der Waals surface area contributed by atoms with Gasteiger partial charge in [0.05, 0.1) is 5.69 Å². The second-order valence-corrected chi connectivity index (χ2v) is 7.65. The number of benzene rings is 4. The molecule has 0 saturated heterocycles. The highest BCUT2D eigenvalue weighted by atomic mass is 16.3. The second-order valence-electron chi connectivity index (χ2n) is 7.65. The van der Waals surface area contributed by atoms with Gasteiger partial charge >= 0.3 is 0 Å². The van der Waals surface area contributed by atoms with Crippen molar-refractivity contribution in [3.63, 3.8) is 0 Å². The number of nitrogens with zero attached hydrogens (tertiary/aromatic N) is 1. The molecule has 2 heteroatoms. The quantitative estimate of drug-likeness (QED) is 0.302.